The molecule has 0 amide bonds. The predicted molar refractivity (Wildman–Crippen MR) is 80.9 cm³/mol. The van der Waals surface area contributed by atoms with Crippen molar-refractivity contribution >= 4 is 15.8 Å². The third-order valence-electron chi connectivity index (χ3n) is 4.71. The molecule has 0 atom stereocenters. The molecule has 3 fully saturated rings. The molecule has 4 rings (SSSR count). The van der Waals surface area contributed by atoms with E-state index in [0.717, 1.165) is 44.6 Å². The van der Waals surface area contributed by atoms with Crippen molar-refractivity contribution in [3.05, 3.63) is 11.8 Å². The summed E-state index contributed by atoms with van der Waals surface area (Å²) in [5, 5.41) is 7.41. The summed E-state index contributed by atoms with van der Waals surface area (Å²) >= 11 is 0. The summed E-state index contributed by atoms with van der Waals surface area (Å²) in [7, 11) is -3.06. The molecular weight excluding hydrogens is 288 g/mol. The van der Waals surface area contributed by atoms with Crippen LogP contribution in [0.15, 0.2) is 6.07 Å². The molecular formula is C14H22N4O2S. The Hall–Kier alpha value is -1.08. The summed E-state index contributed by atoms with van der Waals surface area (Å²) < 4.78 is 26.8. The number of anilines is 1. The summed E-state index contributed by atoms with van der Waals surface area (Å²) in [4.78, 5) is 2.25. The van der Waals surface area contributed by atoms with Gasteiger partial charge in [0.1, 0.15) is 0 Å². The van der Waals surface area contributed by atoms with E-state index in [4.69, 9.17) is 0 Å². The van der Waals surface area contributed by atoms with Crippen LogP contribution >= 0.6 is 0 Å². The first-order valence-corrected chi connectivity index (χ1v) is 9.48. The number of rotatable bonds is 5. The molecule has 2 saturated carbocycles. The van der Waals surface area contributed by atoms with Crippen LogP contribution in [0.25, 0.3) is 0 Å². The number of nitrogens with one attached hydrogen (secondary N) is 2. The van der Waals surface area contributed by atoms with Gasteiger partial charge in [-0.2, -0.15) is 5.10 Å². The lowest BCUT2D eigenvalue weighted by atomic mass is 10.1. The van der Waals surface area contributed by atoms with Crippen LogP contribution in [0.4, 0.5) is 5.82 Å². The van der Waals surface area contributed by atoms with Crippen LogP contribution in [-0.2, 0) is 10.0 Å². The van der Waals surface area contributed by atoms with Gasteiger partial charge in [-0.1, -0.05) is 0 Å². The van der Waals surface area contributed by atoms with Gasteiger partial charge >= 0.3 is 0 Å². The molecule has 0 spiro atoms. The Labute approximate surface area is 125 Å². The van der Waals surface area contributed by atoms with Gasteiger partial charge in [0.2, 0.25) is 10.0 Å². The summed E-state index contributed by atoms with van der Waals surface area (Å²) in [6.07, 6.45) is 5.91. The Bertz CT molecular complexity index is 611. The zero-order chi connectivity index (χ0) is 14.4. The van der Waals surface area contributed by atoms with Crippen LogP contribution in [0.1, 0.15) is 50.1 Å². The summed E-state index contributed by atoms with van der Waals surface area (Å²) in [5.74, 6) is 1.70. The van der Waals surface area contributed by atoms with Gasteiger partial charge in [-0.3, -0.25) is 5.10 Å². The zero-order valence-electron chi connectivity index (χ0n) is 12.1. The molecule has 2 N–H and O–H groups in total. The van der Waals surface area contributed by atoms with Crippen LogP contribution in [0.2, 0.25) is 0 Å². The van der Waals surface area contributed by atoms with Crippen LogP contribution in [0.3, 0.4) is 0 Å². The lowest BCUT2D eigenvalue weighted by Gasteiger charge is -2.32. The van der Waals surface area contributed by atoms with E-state index in [-0.39, 0.29) is 11.3 Å². The molecule has 21 heavy (non-hydrogen) atoms. The van der Waals surface area contributed by atoms with Crippen molar-refractivity contribution < 1.29 is 8.42 Å². The number of H-pyrrole nitrogens is 1. The molecule has 3 aliphatic rings. The third-order valence-corrected chi connectivity index (χ3v) is 6.73. The van der Waals surface area contributed by atoms with E-state index < -0.39 is 10.0 Å². The minimum absolute atomic E-state index is 0.0914. The lowest BCUT2D eigenvalue weighted by molar-refractivity contribution is 0.458. The average Bonchev–Trinajstić information content (AvgIpc) is 3.37. The van der Waals surface area contributed by atoms with Crippen molar-refractivity contribution in [2.75, 3.05) is 18.0 Å². The van der Waals surface area contributed by atoms with Crippen molar-refractivity contribution in [2.45, 2.75) is 55.7 Å². The van der Waals surface area contributed by atoms with E-state index in [1.165, 1.54) is 18.5 Å². The normalized spacial score (nSPS) is 24.5. The second-order valence-electron chi connectivity index (χ2n) is 6.58. The molecule has 0 radical (unpaired) electrons. The highest BCUT2D eigenvalue weighted by atomic mass is 32.2. The molecule has 1 aliphatic heterocycles. The van der Waals surface area contributed by atoms with Gasteiger partial charge in [-0.05, 0) is 38.5 Å². The van der Waals surface area contributed by atoms with E-state index in [1.54, 1.807) is 0 Å². The van der Waals surface area contributed by atoms with Gasteiger partial charge in [0.25, 0.3) is 0 Å². The molecule has 0 aromatic carbocycles. The lowest BCUT2D eigenvalue weighted by Crippen LogP contribution is -2.45. The van der Waals surface area contributed by atoms with Gasteiger partial charge in [0.15, 0.2) is 5.82 Å². The van der Waals surface area contributed by atoms with Crippen molar-refractivity contribution in [1.29, 1.82) is 0 Å². The predicted octanol–water partition coefficient (Wildman–Crippen LogP) is 1.34. The van der Waals surface area contributed by atoms with E-state index in [1.807, 2.05) is 0 Å². The largest absolute Gasteiger partial charge is 0.355 e. The summed E-state index contributed by atoms with van der Waals surface area (Å²) in [5.41, 5.74) is 1.25. The first kappa shape index (κ1) is 13.6. The number of hydrogen-bond donors (Lipinski definition) is 2. The molecule has 116 valence electrons. The molecule has 7 heteroatoms. The van der Waals surface area contributed by atoms with Crippen LogP contribution < -0.4 is 9.62 Å². The molecule has 1 aromatic heterocycles. The number of aromatic amines is 1. The molecule has 2 aliphatic carbocycles. The maximum atomic E-state index is 12.0. The second kappa shape index (κ2) is 4.98. The Morgan fingerprint density at radius 3 is 2.48 bits per heavy atom. The first-order chi connectivity index (χ1) is 10.1. The number of hydrogen-bond acceptors (Lipinski definition) is 4. The fourth-order valence-electron chi connectivity index (χ4n) is 3.02. The number of piperidine rings is 1. The standard InChI is InChI=1S/C14H22N4O2S/c19-21(20,12-3-4-12)17-11-5-7-18(8-6-11)14-9-13(15-16-14)10-1-2-10/h9-12,17H,1-8H2,(H,15,16). The summed E-state index contributed by atoms with van der Waals surface area (Å²) in [6, 6.07) is 2.25. The summed E-state index contributed by atoms with van der Waals surface area (Å²) in [6.45, 7) is 1.74. The van der Waals surface area contributed by atoms with Crippen molar-refractivity contribution in [3.8, 4) is 0 Å². The monoisotopic (exact) mass is 310 g/mol. The Kier molecular flexibility index (Phi) is 3.22. The fraction of sp³-hybridized carbons (Fsp3) is 0.786. The quantitative estimate of drug-likeness (QED) is 0.860. The van der Waals surface area contributed by atoms with Gasteiger partial charge in [0.05, 0.1) is 5.25 Å². The molecule has 0 unspecified atom stereocenters. The van der Waals surface area contributed by atoms with Crippen LogP contribution in [0.5, 0.6) is 0 Å². The highest BCUT2D eigenvalue weighted by Gasteiger charge is 2.37. The zero-order valence-corrected chi connectivity index (χ0v) is 12.9. The van der Waals surface area contributed by atoms with E-state index >= 15 is 0 Å². The molecule has 1 aromatic rings. The fourth-order valence-corrected chi connectivity index (χ4v) is 4.67. The minimum Gasteiger partial charge on any atom is -0.355 e. The number of nitrogens with zero attached hydrogens (tertiary/aromatic N) is 2. The van der Waals surface area contributed by atoms with E-state index in [2.05, 4.69) is 25.9 Å². The number of sulfonamides is 1. The molecule has 1 saturated heterocycles. The third kappa shape index (κ3) is 2.94. The maximum absolute atomic E-state index is 12.0. The average molecular weight is 310 g/mol. The van der Waals surface area contributed by atoms with Crippen molar-refractivity contribution in [1.82, 2.24) is 14.9 Å². The van der Waals surface area contributed by atoms with E-state index in [9.17, 15) is 8.42 Å². The van der Waals surface area contributed by atoms with E-state index in [0.29, 0.717) is 5.92 Å². The van der Waals surface area contributed by atoms with Gasteiger partial charge in [-0.25, -0.2) is 13.1 Å². The smallest absolute Gasteiger partial charge is 0.214 e. The molecule has 6 nitrogen and oxygen atoms in total. The Morgan fingerprint density at radius 2 is 1.86 bits per heavy atom. The van der Waals surface area contributed by atoms with Crippen molar-refractivity contribution in [3.63, 3.8) is 0 Å². The van der Waals surface area contributed by atoms with Gasteiger partial charge in [-0.15, -0.1) is 0 Å². The highest BCUT2D eigenvalue weighted by Crippen LogP contribution is 2.40. The molecule has 2 heterocycles. The second-order valence-corrected chi connectivity index (χ2v) is 8.57. The minimum atomic E-state index is -3.06. The number of aromatic nitrogens is 2. The van der Waals surface area contributed by atoms with Crippen molar-refractivity contribution in [2.24, 2.45) is 0 Å². The first-order valence-electron chi connectivity index (χ1n) is 7.93. The van der Waals surface area contributed by atoms with Crippen LogP contribution in [-0.4, -0.2) is 43.0 Å². The highest BCUT2D eigenvalue weighted by molar-refractivity contribution is 7.90. The van der Waals surface area contributed by atoms with Gasteiger partial charge < -0.3 is 4.90 Å². The topological polar surface area (TPSA) is 78.1 Å². The van der Waals surface area contributed by atoms with Crippen LogP contribution in [0, 0.1) is 0 Å². The maximum Gasteiger partial charge on any atom is 0.214 e. The Morgan fingerprint density at radius 1 is 1.14 bits per heavy atom. The SMILES string of the molecule is O=S(=O)(NC1CCN(c2cc(C3CC3)[nH]n2)CC1)C1CC1. The van der Waals surface area contributed by atoms with Gasteiger partial charge in [0, 0.05) is 36.8 Å². The Balaban J connectivity index is 1.33. The molecule has 0 bridgehead atoms.